The molecule has 2 rings (SSSR count). The van der Waals surface area contributed by atoms with Crippen molar-refractivity contribution in [3.8, 4) is 5.75 Å². The van der Waals surface area contributed by atoms with E-state index in [0.717, 1.165) is 0 Å². The third-order valence-corrected chi connectivity index (χ3v) is 5.84. The van der Waals surface area contributed by atoms with Gasteiger partial charge in [0, 0.05) is 12.6 Å². The lowest BCUT2D eigenvalue weighted by Gasteiger charge is -2.16. The van der Waals surface area contributed by atoms with E-state index in [0.29, 0.717) is 31.4 Å². The first kappa shape index (κ1) is 23.0. The number of amides is 3. The molecular formula is C18H25F2N3O5S. The highest BCUT2D eigenvalue weighted by Gasteiger charge is 2.25. The van der Waals surface area contributed by atoms with Crippen molar-refractivity contribution in [2.45, 2.75) is 38.7 Å². The summed E-state index contributed by atoms with van der Waals surface area (Å²) in [6.45, 7) is 1.37. The number of hydrogen-bond donors (Lipinski definition) is 2. The van der Waals surface area contributed by atoms with Crippen molar-refractivity contribution < 1.29 is 31.5 Å². The van der Waals surface area contributed by atoms with Crippen LogP contribution in [-0.2, 0) is 14.8 Å². The Morgan fingerprint density at radius 3 is 2.66 bits per heavy atom. The molecular weight excluding hydrogens is 408 g/mol. The highest BCUT2D eigenvalue weighted by atomic mass is 32.2. The van der Waals surface area contributed by atoms with Crippen LogP contribution in [0.3, 0.4) is 0 Å². The van der Waals surface area contributed by atoms with Gasteiger partial charge in [-0.15, -0.1) is 0 Å². The zero-order valence-electron chi connectivity index (χ0n) is 16.1. The molecule has 0 saturated carbocycles. The predicted molar refractivity (Wildman–Crippen MR) is 102 cm³/mol. The first-order valence-corrected chi connectivity index (χ1v) is 10.9. The number of urea groups is 1. The van der Waals surface area contributed by atoms with Crippen molar-refractivity contribution in [1.29, 1.82) is 0 Å². The Balaban J connectivity index is 1.74. The number of rotatable bonds is 12. The van der Waals surface area contributed by atoms with Gasteiger partial charge >= 0.3 is 6.03 Å². The number of carbonyl (C=O) groups is 2. The SMILES string of the molecule is C[C@@H](NS(=O)(=O)CCCCCN1CC(=O)NC1=O)c1cccc(OCC(F)F)c1. The van der Waals surface area contributed by atoms with Gasteiger partial charge < -0.3 is 9.64 Å². The van der Waals surface area contributed by atoms with Gasteiger partial charge in [-0.25, -0.2) is 26.7 Å². The minimum absolute atomic E-state index is 0.0380. The van der Waals surface area contributed by atoms with Gasteiger partial charge in [-0.2, -0.15) is 0 Å². The lowest BCUT2D eigenvalue weighted by atomic mass is 10.1. The topological polar surface area (TPSA) is 105 Å². The van der Waals surface area contributed by atoms with E-state index in [-0.39, 0.29) is 24.0 Å². The number of ether oxygens (including phenoxy) is 1. The molecule has 1 aliphatic rings. The van der Waals surface area contributed by atoms with E-state index >= 15 is 0 Å². The fraction of sp³-hybridized carbons (Fsp3) is 0.556. The largest absolute Gasteiger partial charge is 0.488 e. The van der Waals surface area contributed by atoms with Gasteiger partial charge in [-0.1, -0.05) is 18.6 Å². The number of halogens is 2. The molecule has 8 nitrogen and oxygen atoms in total. The Labute approximate surface area is 168 Å². The summed E-state index contributed by atoms with van der Waals surface area (Å²) in [5.41, 5.74) is 0.602. The summed E-state index contributed by atoms with van der Waals surface area (Å²) in [6, 6.07) is 5.39. The Morgan fingerprint density at radius 2 is 2.00 bits per heavy atom. The highest BCUT2D eigenvalue weighted by molar-refractivity contribution is 7.89. The summed E-state index contributed by atoms with van der Waals surface area (Å²) < 4.78 is 56.5. The molecule has 1 fully saturated rings. The monoisotopic (exact) mass is 433 g/mol. The number of unbranched alkanes of at least 4 members (excludes halogenated alkanes) is 2. The Bertz CT molecular complexity index is 819. The molecule has 29 heavy (non-hydrogen) atoms. The quantitative estimate of drug-likeness (QED) is 0.388. The molecule has 1 aromatic rings. The molecule has 0 radical (unpaired) electrons. The van der Waals surface area contributed by atoms with Gasteiger partial charge in [0.05, 0.1) is 5.75 Å². The van der Waals surface area contributed by atoms with Crippen molar-refractivity contribution in [1.82, 2.24) is 14.9 Å². The molecule has 162 valence electrons. The molecule has 1 saturated heterocycles. The van der Waals surface area contributed by atoms with Crippen molar-refractivity contribution in [3.05, 3.63) is 29.8 Å². The zero-order chi connectivity index (χ0) is 21.4. The molecule has 0 unspecified atom stereocenters. The average Bonchev–Trinajstić information content (AvgIpc) is 2.96. The number of sulfonamides is 1. The second-order valence-corrected chi connectivity index (χ2v) is 8.64. The number of alkyl halides is 2. The van der Waals surface area contributed by atoms with Crippen LogP contribution in [0, 0.1) is 0 Å². The molecule has 1 aromatic carbocycles. The fourth-order valence-electron chi connectivity index (χ4n) is 2.86. The van der Waals surface area contributed by atoms with Crippen molar-refractivity contribution in [2.24, 2.45) is 0 Å². The van der Waals surface area contributed by atoms with Crippen LogP contribution >= 0.6 is 0 Å². The second kappa shape index (κ2) is 10.5. The van der Waals surface area contributed by atoms with Crippen LogP contribution in [-0.4, -0.2) is 57.1 Å². The number of carbonyl (C=O) groups excluding carboxylic acids is 2. The van der Waals surface area contributed by atoms with E-state index in [1.807, 2.05) is 0 Å². The summed E-state index contributed by atoms with van der Waals surface area (Å²) >= 11 is 0. The van der Waals surface area contributed by atoms with E-state index in [2.05, 4.69) is 10.0 Å². The molecule has 1 atom stereocenters. The molecule has 0 bridgehead atoms. The van der Waals surface area contributed by atoms with Crippen molar-refractivity contribution >= 4 is 22.0 Å². The lowest BCUT2D eigenvalue weighted by Crippen LogP contribution is -2.30. The molecule has 11 heteroatoms. The Morgan fingerprint density at radius 1 is 1.24 bits per heavy atom. The standard InChI is InChI=1S/C18H25F2N3O5S/c1-13(14-6-5-7-15(10-14)28-12-16(19)20)22-29(26,27)9-4-2-3-8-23-11-17(24)21-18(23)25/h5-7,10,13,16,22H,2-4,8-9,11-12H2,1H3,(H,21,24,25)/t13-/m1/s1. The van der Waals surface area contributed by atoms with Crippen LogP contribution in [0.5, 0.6) is 5.75 Å². The first-order valence-electron chi connectivity index (χ1n) is 9.26. The molecule has 3 amide bonds. The van der Waals surface area contributed by atoms with E-state index in [1.165, 1.54) is 17.0 Å². The van der Waals surface area contributed by atoms with Crippen molar-refractivity contribution in [3.63, 3.8) is 0 Å². The molecule has 0 spiro atoms. The number of nitrogens with one attached hydrogen (secondary N) is 2. The van der Waals surface area contributed by atoms with E-state index in [4.69, 9.17) is 4.74 Å². The third-order valence-electron chi connectivity index (χ3n) is 4.30. The van der Waals surface area contributed by atoms with E-state index < -0.39 is 35.1 Å². The number of imide groups is 1. The van der Waals surface area contributed by atoms with Crippen LogP contribution in [0.4, 0.5) is 13.6 Å². The molecule has 0 aromatic heterocycles. The maximum Gasteiger partial charge on any atom is 0.324 e. The van der Waals surface area contributed by atoms with Gasteiger partial charge in [0.2, 0.25) is 15.9 Å². The van der Waals surface area contributed by atoms with Gasteiger partial charge in [0.1, 0.15) is 18.9 Å². The maximum atomic E-state index is 12.3. The van der Waals surface area contributed by atoms with Crippen LogP contribution in [0.25, 0.3) is 0 Å². The first-order chi connectivity index (χ1) is 13.7. The molecule has 1 heterocycles. The zero-order valence-corrected chi connectivity index (χ0v) is 16.9. The molecule has 2 N–H and O–H groups in total. The minimum atomic E-state index is -3.54. The van der Waals surface area contributed by atoms with E-state index in [9.17, 15) is 26.8 Å². The second-order valence-electron chi connectivity index (χ2n) is 6.77. The Hall–Kier alpha value is -2.27. The Kier molecular flexibility index (Phi) is 8.32. The van der Waals surface area contributed by atoms with Crippen LogP contribution in [0.1, 0.15) is 37.8 Å². The molecule has 0 aliphatic carbocycles. The summed E-state index contributed by atoms with van der Waals surface area (Å²) in [5.74, 6) is -0.165. The summed E-state index contributed by atoms with van der Waals surface area (Å²) in [4.78, 5) is 23.9. The summed E-state index contributed by atoms with van der Waals surface area (Å²) in [5, 5.41) is 2.18. The number of nitrogens with zero attached hydrogens (tertiary/aromatic N) is 1. The van der Waals surface area contributed by atoms with Crippen LogP contribution < -0.4 is 14.8 Å². The van der Waals surface area contributed by atoms with Gasteiger partial charge in [-0.3, -0.25) is 10.1 Å². The lowest BCUT2D eigenvalue weighted by molar-refractivity contribution is -0.118. The van der Waals surface area contributed by atoms with Crippen molar-refractivity contribution in [2.75, 3.05) is 25.4 Å². The fourth-order valence-corrected chi connectivity index (χ4v) is 4.24. The van der Waals surface area contributed by atoms with Gasteiger partial charge in [0.25, 0.3) is 6.43 Å². The van der Waals surface area contributed by atoms with Crippen LogP contribution in [0.2, 0.25) is 0 Å². The van der Waals surface area contributed by atoms with Crippen LogP contribution in [0.15, 0.2) is 24.3 Å². The van der Waals surface area contributed by atoms with Gasteiger partial charge in [-0.05, 0) is 37.5 Å². The predicted octanol–water partition coefficient (Wildman–Crippen LogP) is 2.03. The maximum absolute atomic E-state index is 12.3. The normalized spacial score (nSPS) is 15.7. The highest BCUT2D eigenvalue weighted by Crippen LogP contribution is 2.20. The summed E-state index contributed by atoms with van der Waals surface area (Å²) in [7, 11) is -3.54. The van der Waals surface area contributed by atoms with E-state index in [1.54, 1.807) is 19.1 Å². The third kappa shape index (κ3) is 7.94. The number of benzene rings is 1. The smallest absolute Gasteiger partial charge is 0.324 e. The summed E-state index contributed by atoms with van der Waals surface area (Å²) in [6.07, 6.45) is -1.00. The average molecular weight is 433 g/mol. The number of hydrogen-bond acceptors (Lipinski definition) is 5. The van der Waals surface area contributed by atoms with Gasteiger partial charge in [0.15, 0.2) is 0 Å². The minimum Gasteiger partial charge on any atom is -0.488 e. The molecule has 1 aliphatic heterocycles.